The van der Waals surface area contributed by atoms with Crippen molar-refractivity contribution in [1.82, 2.24) is 4.90 Å². The van der Waals surface area contributed by atoms with Crippen LogP contribution in [0.4, 0.5) is 4.79 Å². The van der Waals surface area contributed by atoms with Gasteiger partial charge < -0.3 is 20.2 Å². The summed E-state index contributed by atoms with van der Waals surface area (Å²) in [5.41, 5.74) is 2.46. The highest BCUT2D eigenvalue weighted by Crippen LogP contribution is 2.25. The van der Waals surface area contributed by atoms with Crippen molar-refractivity contribution in [2.75, 3.05) is 13.1 Å². The molecule has 92 valence electrons. The summed E-state index contributed by atoms with van der Waals surface area (Å²) in [6, 6.07) is 3.39. The molecule has 0 bridgehead atoms. The van der Waals surface area contributed by atoms with Gasteiger partial charge in [-0.2, -0.15) is 0 Å². The lowest BCUT2D eigenvalue weighted by Crippen LogP contribution is -2.31. The maximum atomic E-state index is 10.9. The Morgan fingerprint density at radius 1 is 1.24 bits per heavy atom. The van der Waals surface area contributed by atoms with Gasteiger partial charge in [-0.1, -0.05) is 0 Å². The molecule has 5 nitrogen and oxygen atoms in total. The maximum Gasteiger partial charge on any atom is 0.407 e. The van der Waals surface area contributed by atoms with Gasteiger partial charge in [-0.3, -0.25) is 0 Å². The molecule has 0 atom stereocenters. The first-order chi connectivity index (χ1) is 8.11. The zero-order valence-corrected chi connectivity index (χ0v) is 9.39. The first-order valence-electron chi connectivity index (χ1n) is 5.54. The molecule has 1 heterocycles. The number of aliphatic hydroxyl groups excluding tert-OH is 1. The second-order valence-corrected chi connectivity index (χ2v) is 4.18. The fourth-order valence-electron chi connectivity index (χ4n) is 2.13. The number of nitrogens with zero attached hydrogens (tertiary/aromatic N) is 1. The molecule has 0 saturated carbocycles. The molecule has 0 unspecified atom stereocenters. The van der Waals surface area contributed by atoms with Crippen LogP contribution in [0.3, 0.4) is 0 Å². The highest BCUT2D eigenvalue weighted by Gasteiger charge is 2.18. The lowest BCUT2D eigenvalue weighted by Gasteiger charge is -2.14. The molecule has 1 aliphatic rings. The number of carboxylic acid groups (broad SMARTS) is 1. The first kappa shape index (κ1) is 11.7. The van der Waals surface area contributed by atoms with Crippen molar-refractivity contribution in [3.05, 3.63) is 28.8 Å². The normalized spacial score (nSPS) is 15.2. The molecular weight excluding hydrogens is 222 g/mol. The Labute approximate surface area is 98.9 Å². The van der Waals surface area contributed by atoms with Gasteiger partial charge in [0, 0.05) is 18.7 Å². The fraction of sp³-hybridized carbons (Fsp3) is 0.417. The van der Waals surface area contributed by atoms with Crippen LogP contribution in [0.25, 0.3) is 0 Å². The van der Waals surface area contributed by atoms with E-state index in [1.165, 1.54) is 4.90 Å². The molecule has 1 amide bonds. The average molecular weight is 237 g/mol. The topological polar surface area (TPSA) is 81.0 Å². The van der Waals surface area contributed by atoms with Crippen molar-refractivity contribution >= 4 is 6.09 Å². The third kappa shape index (κ3) is 2.34. The van der Waals surface area contributed by atoms with E-state index in [0.717, 1.165) is 11.1 Å². The molecule has 0 radical (unpaired) electrons. The second-order valence-electron chi connectivity index (χ2n) is 4.18. The number of aliphatic hydroxyl groups is 1. The zero-order chi connectivity index (χ0) is 12.4. The quantitative estimate of drug-likeness (QED) is 0.679. The number of aromatic hydroxyl groups is 1. The monoisotopic (exact) mass is 237 g/mol. The molecule has 0 saturated heterocycles. The predicted octanol–water partition coefficient (Wildman–Crippen LogP) is 0.963. The molecular formula is C12H15NO4. The summed E-state index contributed by atoms with van der Waals surface area (Å²) in [4.78, 5) is 12.3. The Morgan fingerprint density at radius 3 is 2.35 bits per heavy atom. The van der Waals surface area contributed by atoms with Crippen LogP contribution in [-0.2, 0) is 19.4 Å². The number of benzene rings is 1. The molecule has 17 heavy (non-hydrogen) atoms. The Bertz CT molecular complexity index is 444. The van der Waals surface area contributed by atoms with E-state index in [1.54, 1.807) is 12.1 Å². The van der Waals surface area contributed by atoms with Crippen LogP contribution >= 0.6 is 0 Å². The highest BCUT2D eigenvalue weighted by molar-refractivity contribution is 5.65. The van der Waals surface area contributed by atoms with Crippen molar-refractivity contribution in [3.8, 4) is 5.75 Å². The van der Waals surface area contributed by atoms with Gasteiger partial charge in [0.1, 0.15) is 5.75 Å². The van der Waals surface area contributed by atoms with Crippen molar-refractivity contribution < 1.29 is 20.1 Å². The van der Waals surface area contributed by atoms with Crippen LogP contribution in [0.15, 0.2) is 12.1 Å². The van der Waals surface area contributed by atoms with Gasteiger partial charge in [0.05, 0.1) is 6.61 Å². The molecule has 1 aromatic rings. The van der Waals surface area contributed by atoms with Crippen LogP contribution in [0.2, 0.25) is 0 Å². The van der Waals surface area contributed by atoms with E-state index in [1.807, 2.05) is 0 Å². The van der Waals surface area contributed by atoms with Crippen molar-refractivity contribution in [1.29, 1.82) is 0 Å². The van der Waals surface area contributed by atoms with Gasteiger partial charge in [0.15, 0.2) is 0 Å². The molecule has 5 heteroatoms. The Balaban J connectivity index is 2.28. The lowest BCUT2D eigenvalue weighted by molar-refractivity contribution is 0.147. The average Bonchev–Trinajstić information content (AvgIpc) is 2.50. The Hall–Kier alpha value is -1.75. The minimum absolute atomic E-state index is 0.0787. The predicted molar refractivity (Wildman–Crippen MR) is 61.0 cm³/mol. The number of rotatable bonds is 1. The van der Waals surface area contributed by atoms with E-state index in [0.29, 0.717) is 31.5 Å². The van der Waals surface area contributed by atoms with E-state index in [9.17, 15) is 9.90 Å². The van der Waals surface area contributed by atoms with Crippen LogP contribution < -0.4 is 0 Å². The SMILES string of the molecule is O=C(O)N1CCc2cc(O)c(CO)cc2CC1. The standard InChI is InChI=1S/C12H15NO4/c14-7-10-5-8-1-3-13(12(16)17)4-2-9(8)6-11(10)15/h5-6,14-15H,1-4,7H2,(H,16,17). The molecule has 0 fully saturated rings. The maximum absolute atomic E-state index is 10.9. The fourth-order valence-corrected chi connectivity index (χ4v) is 2.13. The zero-order valence-electron chi connectivity index (χ0n) is 9.39. The van der Waals surface area contributed by atoms with Gasteiger partial charge in [0.2, 0.25) is 0 Å². The Kier molecular flexibility index (Phi) is 3.19. The van der Waals surface area contributed by atoms with E-state index in [-0.39, 0.29) is 12.4 Å². The number of fused-ring (bicyclic) bond motifs is 1. The molecule has 3 N–H and O–H groups in total. The second kappa shape index (κ2) is 4.63. The van der Waals surface area contributed by atoms with E-state index < -0.39 is 6.09 Å². The summed E-state index contributed by atoms with van der Waals surface area (Å²) >= 11 is 0. The molecule has 0 aromatic heterocycles. The third-order valence-electron chi connectivity index (χ3n) is 3.14. The van der Waals surface area contributed by atoms with E-state index >= 15 is 0 Å². The van der Waals surface area contributed by atoms with E-state index in [4.69, 9.17) is 10.2 Å². The number of amides is 1. The summed E-state index contributed by atoms with van der Waals surface area (Å²) < 4.78 is 0. The Morgan fingerprint density at radius 2 is 1.82 bits per heavy atom. The summed E-state index contributed by atoms with van der Waals surface area (Å²) in [6.45, 7) is 0.694. The van der Waals surface area contributed by atoms with Crippen molar-refractivity contribution in [3.63, 3.8) is 0 Å². The van der Waals surface area contributed by atoms with Crippen molar-refractivity contribution in [2.24, 2.45) is 0 Å². The molecule has 0 spiro atoms. The van der Waals surface area contributed by atoms with Gasteiger partial charge in [-0.15, -0.1) is 0 Å². The number of hydrogen-bond donors (Lipinski definition) is 3. The van der Waals surface area contributed by atoms with Crippen LogP contribution in [-0.4, -0.2) is 39.4 Å². The van der Waals surface area contributed by atoms with Gasteiger partial charge in [0.25, 0.3) is 0 Å². The minimum atomic E-state index is -0.913. The van der Waals surface area contributed by atoms with Crippen LogP contribution in [0.1, 0.15) is 16.7 Å². The number of hydrogen-bond acceptors (Lipinski definition) is 3. The molecule has 1 aromatic carbocycles. The summed E-state index contributed by atoms with van der Waals surface area (Å²) in [5.74, 6) is 0.0787. The van der Waals surface area contributed by atoms with Crippen LogP contribution in [0, 0.1) is 0 Å². The summed E-state index contributed by atoms with van der Waals surface area (Å²) in [7, 11) is 0. The largest absolute Gasteiger partial charge is 0.508 e. The van der Waals surface area contributed by atoms with Crippen molar-refractivity contribution in [2.45, 2.75) is 19.4 Å². The minimum Gasteiger partial charge on any atom is -0.508 e. The highest BCUT2D eigenvalue weighted by atomic mass is 16.4. The number of carbonyl (C=O) groups is 1. The number of phenols is 1. The first-order valence-corrected chi connectivity index (χ1v) is 5.54. The lowest BCUT2D eigenvalue weighted by atomic mass is 9.99. The molecule has 2 rings (SSSR count). The van der Waals surface area contributed by atoms with E-state index in [2.05, 4.69) is 0 Å². The third-order valence-corrected chi connectivity index (χ3v) is 3.14. The summed E-state index contributed by atoms with van der Waals surface area (Å²) in [6.07, 6.45) is 0.305. The van der Waals surface area contributed by atoms with Gasteiger partial charge in [-0.25, -0.2) is 4.79 Å². The van der Waals surface area contributed by atoms with Gasteiger partial charge in [-0.05, 0) is 36.1 Å². The summed E-state index contributed by atoms with van der Waals surface area (Å²) in [5, 5.41) is 27.6. The van der Waals surface area contributed by atoms with Crippen LogP contribution in [0.5, 0.6) is 5.75 Å². The molecule has 1 aliphatic heterocycles. The molecule has 0 aliphatic carbocycles. The smallest absolute Gasteiger partial charge is 0.407 e. The van der Waals surface area contributed by atoms with Gasteiger partial charge >= 0.3 is 6.09 Å².